The minimum absolute atomic E-state index is 0.0680. The summed E-state index contributed by atoms with van der Waals surface area (Å²) < 4.78 is 45.4. The molecule has 0 radical (unpaired) electrons. The third-order valence-corrected chi connectivity index (χ3v) is 4.32. The minimum Gasteiger partial charge on any atom is -0.495 e. The number of hydrogen-bond acceptors (Lipinski definition) is 3. The lowest BCUT2D eigenvalue weighted by Gasteiger charge is -2.12. The first-order valence-electron chi connectivity index (χ1n) is 5.99. The smallest absolute Gasteiger partial charge is 0.237 e. The summed E-state index contributed by atoms with van der Waals surface area (Å²) >= 11 is 5.84. The van der Waals surface area contributed by atoms with Gasteiger partial charge in [-0.25, -0.2) is 12.8 Å². The highest BCUT2D eigenvalue weighted by atomic mass is 35.5. The van der Waals surface area contributed by atoms with Gasteiger partial charge in [-0.05, 0) is 24.3 Å². The number of hydrogen-bond donors (Lipinski definition) is 1. The van der Waals surface area contributed by atoms with Crippen LogP contribution in [-0.2, 0) is 15.8 Å². The zero-order chi connectivity index (χ0) is 15.5. The lowest BCUT2D eigenvalue weighted by Crippen LogP contribution is -2.16. The molecule has 0 bridgehead atoms. The van der Waals surface area contributed by atoms with Crippen LogP contribution in [0.4, 0.5) is 10.1 Å². The summed E-state index contributed by atoms with van der Waals surface area (Å²) in [4.78, 5) is 0. The molecule has 0 aliphatic rings. The standard InChI is InChI=1S/C14H13ClFNO3S/c1-20-14-8-3-2-7-13(14)17-21(18,19)9-10-11(15)5-4-6-12(10)16/h2-8,17H,9H2,1H3. The maximum Gasteiger partial charge on any atom is 0.237 e. The topological polar surface area (TPSA) is 55.4 Å². The van der Waals surface area contributed by atoms with Gasteiger partial charge in [-0.3, -0.25) is 4.72 Å². The third kappa shape index (κ3) is 3.86. The number of benzene rings is 2. The van der Waals surface area contributed by atoms with Gasteiger partial charge in [-0.2, -0.15) is 0 Å². The number of nitrogens with one attached hydrogen (secondary N) is 1. The molecule has 0 aliphatic heterocycles. The largest absolute Gasteiger partial charge is 0.495 e. The number of para-hydroxylation sites is 2. The fourth-order valence-corrected chi connectivity index (χ4v) is 3.35. The number of methoxy groups -OCH3 is 1. The summed E-state index contributed by atoms with van der Waals surface area (Å²) in [6.45, 7) is 0. The van der Waals surface area contributed by atoms with E-state index in [-0.39, 0.29) is 16.3 Å². The van der Waals surface area contributed by atoms with Crippen molar-refractivity contribution in [1.29, 1.82) is 0 Å². The normalized spacial score (nSPS) is 11.2. The Hall–Kier alpha value is -1.79. The zero-order valence-electron chi connectivity index (χ0n) is 11.1. The fraction of sp³-hybridized carbons (Fsp3) is 0.143. The predicted molar refractivity (Wildman–Crippen MR) is 80.7 cm³/mol. The molecule has 0 aromatic heterocycles. The van der Waals surface area contributed by atoms with Crippen LogP contribution in [0.3, 0.4) is 0 Å². The van der Waals surface area contributed by atoms with E-state index in [0.29, 0.717) is 5.75 Å². The quantitative estimate of drug-likeness (QED) is 0.914. The summed E-state index contributed by atoms with van der Waals surface area (Å²) in [5, 5.41) is 0.0698. The van der Waals surface area contributed by atoms with Crippen LogP contribution >= 0.6 is 11.6 Å². The molecule has 7 heteroatoms. The molecule has 2 rings (SSSR count). The maximum atomic E-state index is 13.7. The second-order valence-corrected chi connectivity index (χ2v) is 6.39. The van der Waals surface area contributed by atoms with Crippen molar-refractivity contribution in [2.75, 3.05) is 11.8 Å². The molecular formula is C14H13ClFNO3S. The summed E-state index contributed by atoms with van der Waals surface area (Å²) in [5.41, 5.74) is 0.217. The Balaban J connectivity index is 2.27. The highest BCUT2D eigenvalue weighted by molar-refractivity contribution is 7.91. The molecule has 2 aromatic carbocycles. The first-order chi connectivity index (χ1) is 9.93. The molecule has 0 saturated carbocycles. The Morgan fingerprint density at radius 3 is 2.57 bits per heavy atom. The number of anilines is 1. The molecule has 0 unspecified atom stereocenters. The zero-order valence-corrected chi connectivity index (χ0v) is 12.7. The van der Waals surface area contributed by atoms with E-state index in [0.717, 1.165) is 0 Å². The fourth-order valence-electron chi connectivity index (χ4n) is 1.79. The van der Waals surface area contributed by atoms with Crippen LogP contribution in [0.25, 0.3) is 0 Å². The van der Waals surface area contributed by atoms with Gasteiger partial charge in [-0.1, -0.05) is 29.8 Å². The summed E-state index contributed by atoms with van der Waals surface area (Å²) in [5.74, 6) is -0.843. The van der Waals surface area contributed by atoms with Gasteiger partial charge in [0.15, 0.2) is 0 Å². The van der Waals surface area contributed by atoms with E-state index in [1.54, 1.807) is 24.3 Å². The molecular weight excluding hydrogens is 317 g/mol. The Labute approximate surface area is 127 Å². The number of ether oxygens (including phenoxy) is 1. The van der Waals surface area contributed by atoms with Crippen LogP contribution in [0.2, 0.25) is 5.02 Å². The Kier molecular flexibility index (Phi) is 4.69. The highest BCUT2D eigenvalue weighted by Crippen LogP contribution is 2.26. The maximum absolute atomic E-state index is 13.7. The van der Waals surface area contributed by atoms with Gasteiger partial charge in [0.1, 0.15) is 11.6 Å². The Morgan fingerprint density at radius 2 is 1.90 bits per heavy atom. The molecule has 1 N–H and O–H groups in total. The van der Waals surface area contributed by atoms with Crippen LogP contribution in [0.1, 0.15) is 5.56 Å². The van der Waals surface area contributed by atoms with Crippen LogP contribution in [0.5, 0.6) is 5.75 Å². The van der Waals surface area contributed by atoms with Crippen molar-refractivity contribution in [1.82, 2.24) is 0 Å². The molecule has 0 spiro atoms. The van der Waals surface area contributed by atoms with Crippen molar-refractivity contribution < 1.29 is 17.5 Å². The molecule has 0 fully saturated rings. The van der Waals surface area contributed by atoms with E-state index in [9.17, 15) is 12.8 Å². The second-order valence-electron chi connectivity index (χ2n) is 4.26. The van der Waals surface area contributed by atoms with Crippen LogP contribution in [-0.4, -0.2) is 15.5 Å². The van der Waals surface area contributed by atoms with Crippen molar-refractivity contribution >= 4 is 27.3 Å². The van der Waals surface area contributed by atoms with Gasteiger partial charge in [0.25, 0.3) is 0 Å². The Bertz CT molecular complexity index is 729. The van der Waals surface area contributed by atoms with Gasteiger partial charge < -0.3 is 4.74 Å². The van der Waals surface area contributed by atoms with Gasteiger partial charge in [-0.15, -0.1) is 0 Å². The van der Waals surface area contributed by atoms with E-state index in [1.807, 2.05) is 0 Å². The van der Waals surface area contributed by atoms with Crippen LogP contribution in [0.15, 0.2) is 42.5 Å². The third-order valence-electron chi connectivity index (χ3n) is 2.77. The van der Waals surface area contributed by atoms with E-state index in [4.69, 9.17) is 16.3 Å². The van der Waals surface area contributed by atoms with Crippen molar-refractivity contribution in [3.8, 4) is 5.75 Å². The molecule has 112 valence electrons. The Morgan fingerprint density at radius 1 is 1.19 bits per heavy atom. The average molecular weight is 330 g/mol. The predicted octanol–water partition coefficient (Wildman–Crippen LogP) is 3.43. The van der Waals surface area contributed by atoms with Crippen LogP contribution in [0, 0.1) is 5.82 Å². The van der Waals surface area contributed by atoms with Gasteiger partial charge in [0.05, 0.1) is 18.6 Å². The van der Waals surface area contributed by atoms with Gasteiger partial charge in [0, 0.05) is 10.6 Å². The molecule has 21 heavy (non-hydrogen) atoms. The SMILES string of the molecule is COc1ccccc1NS(=O)(=O)Cc1c(F)cccc1Cl. The van der Waals surface area contributed by atoms with Crippen molar-refractivity contribution in [3.05, 3.63) is 58.9 Å². The van der Waals surface area contributed by atoms with E-state index >= 15 is 0 Å². The molecule has 0 saturated heterocycles. The van der Waals surface area contributed by atoms with E-state index in [1.165, 1.54) is 25.3 Å². The van der Waals surface area contributed by atoms with Gasteiger partial charge >= 0.3 is 0 Å². The molecule has 0 atom stereocenters. The van der Waals surface area contributed by atoms with Gasteiger partial charge in [0.2, 0.25) is 10.0 Å². The summed E-state index contributed by atoms with van der Waals surface area (Å²) in [6.07, 6.45) is 0. The van der Waals surface area contributed by atoms with Crippen molar-refractivity contribution in [2.24, 2.45) is 0 Å². The van der Waals surface area contributed by atoms with Crippen LogP contribution < -0.4 is 9.46 Å². The molecule has 2 aromatic rings. The summed E-state index contributed by atoms with van der Waals surface area (Å²) in [7, 11) is -2.39. The highest BCUT2D eigenvalue weighted by Gasteiger charge is 2.18. The summed E-state index contributed by atoms with van der Waals surface area (Å²) in [6, 6.07) is 10.6. The first kappa shape index (κ1) is 15.6. The average Bonchev–Trinajstić information content (AvgIpc) is 2.43. The van der Waals surface area contributed by atoms with Crippen molar-refractivity contribution in [3.63, 3.8) is 0 Å². The molecule has 4 nitrogen and oxygen atoms in total. The first-order valence-corrected chi connectivity index (χ1v) is 8.02. The lowest BCUT2D eigenvalue weighted by atomic mass is 10.2. The van der Waals surface area contributed by atoms with E-state index in [2.05, 4.69) is 4.72 Å². The number of halogens is 2. The van der Waals surface area contributed by atoms with E-state index < -0.39 is 21.6 Å². The number of sulfonamides is 1. The molecule has 0 amide bonds. The molecule has 0 heterocycles. The van der Waals surface area contributed by atoms with Crippen molar-refractivity contribution in [2.45, 2.75) is 5.75 Å². The second kappa shape index (κ2) is 6.32. The monoisotopic (exact) mass is 329 g/mol. The lowest BCUT2D eigenvalue weighted by molar-refractivity contribution is 0.417. The molecule has 0 aliphatic carbocycles. The number of rotatable bonds is 5. The minimum atomic E-state index is -3.82.